The topological polar surface area (TPSA) is 32.3 Å². The maximum atomic E-state index is 4.99. The van der Waals surface area contributed by atoms with Gasteiger partial charge in [-0.3, -0.25) is 0 Å². The van der Waals surface area contributed by atoms with Gasteiger partial charge in [0.25, 0.3) is 0 Å². The summed E-state index contributed by atoms with van der Waals surface area (Å²) in [5.41, 5.74) is 3.43. The molecule has 0 radical (unpaired) electrons. The molecule has 1 aliphatic heterocycles. The first-order valence-corrected chi connectivity index (χ1v) is 10.3. The van der Waals surface area contributed by atoms with Crippen LogP contribution >= 0.6 is 0 Å². The summed E-state index contributed by atoms with van der Waals surface area (Å²) >= 11 is 0. The zero-order chi connectivity index (χ0) is 19.2. The lowest BCUT2D eigenvalue weighted by Crippen LogP contribution is -2.32. The minimum Gasteiger partial charge on any atom is -0.352 e. The van der Waals surface area contributed by atoms with Gasteiger partial charge in [-0.05, 0) is 31.7 Å². The van der Waals surface area contributed by atoms with Crippen LogP contribution in [-0.4, -0.2) is 29.6 Å². The van der Waals surface area contributed by atoms with Crippen LogP contribution in [0, 0.1) is 0 Å². The second-order valence-corrected chi connectivity index (χ2v) is 7.32. The molecular weight excluding hydrogens is 344 g/mol. The van der Waals surface area contributed by atoms with Crippen molar-refractivity contribution in [3.8, 4) is 11.3 Å². The molecule has 0 N–H and O–H groups in total. The first-order valence-electron chi connectivity index (χ1n) is 10.3. The highest BCUT2D eigenvalue weighted by atomic mass is 15.3. The Balaban J connectivity index is 1.71. The van der Waals surface area contributed by atoms with E-state index in [0.717, 1.165) is 49.2 Å². The average molecular weight is 373 g/mol. The number of hydrogen-bond acceptors (Lipinski definition) is 4. The first-order chi connectivity index (χ1) is 13.8. The summed E-state index contributed by atoms with van der Waals surface area (Å²) in [4.78, 5) is 14.6. The van der Waals surface area contributed by atoms with E-state index in [-0.39, 0.29) is 0 Å². The number of piperidine rings is 1. The summed E-state index contributed by atoms with van der Waals surface area (Å²) in [6.07, 6.45) is 3.74. The largest absolute Gasteiger partial charge is 0.352 e. The Morgan fingerprint density at radius 2 is 1.54 bits per heavy atom. The van der Waals surface area contributed by atoms with Crippen LogP contribution in [0.25, 0.3) is 11.3 Å². The molecule has 0 atom stereocenters. The van der Waals surface area contributed by atoms with Gasteiger partial charge in [0.05, 0.1) is 5.69 Å². The molecule has 0 aliphatic carbocycles. The van der Waals surface area contributed by atoms with E-state index in [9.17, 15) is 0 Å². The highest BCUT2D eigenvalue weighted by Crippen LogP contribution is 2.27. The molecule has 3 aromatic rings. The van der Waals surface area contributed by atoms with Crippen LogP contribution in [0.4, 0.5) is 11.8 Å². The van der Waals surface area contributed by atoms with Gasteiger partial charge >= 0.3 is 0 Å². The van der Waals surface area contributed by atoms with Gasteiger partial charge in [-0.1, -0.05) is 60.7 Å². The second kappa shape index (κ2) is 8.87. The smallest absolute Gasteiger partial charge is 0.227 e. The van der Waals surface area contributed by atoms with Gasteiger partial charge in [-0.25, -0.2) is 4.98 Å². The van der Waals surface area contributed by atoms with E-state index < -0.39 is 0 Å². The van der Waals surface area contributed by atoms with Crippen molar-refractivity contribution in [1.82, 2.24) is 9.97 Å². The van der Waals surface area contributed by atoms with Gasteiger partial charge in [0, 0.05) is 37.8 Å². The molecule has 0 unspecified atom stereocenters. The summed E-state index contributed by atoms with van der Waals surface area (Å²) in [5, 5.41) is 0. The molecule has 0 bridgehead atoms. The third kappa shape index (κ3) is 4.33. The van der Waals surface area contributed by atoms with Crippen LogP contribution in [0.1, 0.15) is 31.7 Å². The lowest BCUT2D eigenvalue weighted by Gasteiger charge is -2.29. The van der Waals surface area contributed by atoms with Crippen molar-refractivity contribution in [2.45, 2.75) is 32.7 Å². The van der Waals surface area contributed by atoms with Crippen LogP contribution in [0.5, 0.6) is 0 Å². The predicted octanol–water partition coefficient (Wildman–Crippen LogP) is 5.16. The molecule has 1 fully saturated rings. The van der Waals surface area contributed by atoms with Gasteiger partial charge in [0.15, 0.2) is 0 Å². The summed E-state index contributed by atoms with van der Waals surface area (Å²) < 4.78 is 0. The number of aromatic nitrogens is 2. The van der Waals surface area contributed by atoms with Crippen molar-refractivity contribution in [3.05, 3.63) is 72.3 Å². The fraction of sp³-hybridized carbons (Fsp3) is 0.333. The Morgan fingerprint density at radius 1 is 0.857 bits per heavy atom. The zero-order valence-corrected chi connectivity index (χ0v) is 16.6. The molecule has 1 saturated heterocycles. The Hall–Kier alpha value is -2.88. The first kappa shape index (κ1) is 18.5. The Bertz CT molecular complexity index is 874. The molecule has 2 aromatic carbocycles. The van der Waals surface area contributed by atoms with Gasteiger partial charge < -0.3 is 9.80 Å². The van der Waals surface area contributed by atoms with Crippen molar-refractivity contribution in [2.75, 3.05) is 29.4 Å². The fourth-order valence-electron chi connectivity index (χ4n) is 3.73. The standard InChI is InChI=1S/C24H28N4/c1-2-27(19-20-12-6-3-7-13-20)23-18-22(21-14-8-4-9-15-21)25-24(26-23)28-16-10-5-11-17-28/h3-4,6-9,12-15,18H,2,5,10-11,16-17,19H2,1H3. The number of anilines is 2. The lowest BCUT2D eigenvalue weighted by atomic mass is 10.1. The van der Waals surface area contributed by atoms with Gasteiger partial charge in [0.2, 0.25) is 5.95 Å². The third-order valence-corrected chi connectivity index (χ3v) is 5.33. The Morgan fingerprint density at radius 3 is 2.21 bits per heavy atom. The van der Waals surface area contributed by atoms with Crippen molar-refractivity contribution >= 4 is 11.8 Å². The van der Waals surface area contributed by atoms with Crippen molar-refractivity contribution in [3.63, 3.8) is 0 Å². The van der Waals surface area contributed by atoms with E-state index in [4.69, 9.17) is 9.97 Å². The molecule has 2 heterocycles. The summed E-state index contributed by atoms with van der Waals surface area (Å²) in [5.74, 6) is 1.86. The minimum absolute atomic E-state index is 0.849. The van der Waals surface area contributed by atoms with Crippen molar-refractivity contribution < 1.29 is 0 Å². The normalized spacial score (nSPS) is 14.1. The molecule has 1 aromatic heterocycles. The number of hydrogen-bond donors (Lipinski definition) is 0. The van der Waals surface area contributed by atoms with E-state index >= 15 is 0 Å². The summed E-state index contributed by atoms with van der Waals surface area (Å²) in [6, 6.07) is 23.2. The monoisotopic (exact) mass is 372 g/mol. The van der Waals surface area contributed by atoms with Crippen molar-refractivity contribution in [2.24, 2.45) is 0 Å². The number of nitrogens with zero attached hydrogens (tertiary/aromatic N) is 4. The number of benzene rings is 2. The summed E-state index contributed by atoms with van der Waals surface area (Å²) in [7, 11) is 0. The Labute approximate surface area is 167 Å². The zero-order valence-electron chi connectivity index (χ0n) is 16.6. The quantitative estimate of drug-likeness (QED) is 0.598. The molecule has 28 heavy (non-hydrogen) atoms. The third-order valence-electron chi connectivity index (χ3n) is 5.33. The Kier molecular flexibility index (Phi) is 5.86. The van der Waals surface area contributed by atoms with Crippen LogP contribution in [0.2, 0.25) is 0 Å². The fourth-order valence-corrected chi connectivity index (χ4v) is 3.73. The summed E-state index contributed by atoms with van der Waals surface area (Å²) in [6.45, 7) is 6.03. The van der Waals surface area contributed by atoms with E-state index in [1.54, 1.807) is 0 Å². The lowest BCUT2D eigenvalue weighted by molar-refractivity contribution is 0.568. The maximum Gasteiger partial charge on any atom is 0.227 e. The molecule has 0 amide bonds. The molecule has 4 nitrogen and oxygen atoms in total. The maximum absolute atomic E-state index is 4.99. The molecule has 0 spiro atoms. The van der Waals surface area contributed by atoms with Crippen LogP contribution in [0.3, 0.4) is 0 Å². The van der Waals surface area contributed by atoms with Crippen LogP contribution < -0.4 is 9.80 Å². The van der Waals surface area contributed by atoms with E-state index in [1.807, 2.05) is 6.07 Å². The highest BCUT2D eigenvalue weighted by molar-refractivity contribution is 5.65. The van der Waals surface area contributed by atoms with E-state index in [1.165, 1.54) is 24.8 Å². The minimum atomic E-state index is 0.849. The molecule has 4 heteroatoms. The van der Waals surface area contributed by atoms with Crippen LogP contribution in [-0.2, 0) is 6.54 Å². The molecule has 4 rings (SSSR count). The second-order valence-electron chi connectivity index (χ2n) is 7.32. The van der Waals surface area contributed by atoms with E-state index in [0.29, 0.717) is 0 Å². The number of rotatable bonds is 6. The van der Waals surface area contributed by atoms with Gasteiger partial charge in [0.1, 0.15) is 5.82 Å². The predicted molar refractivity (Wildman–Crippen MR) is 117 cm³/mol. The van der Waals surface area contributed by atoms with Gasteiger partial charge in [-0.15, -0.1) is 0 Å². The SMILES string of the molecule is CCN(Cc1ccccc1)c1cc(-c2ccccc2)nc(N2CCCCC2)n1. The molecular formula is C24H28N4. The average Bonchev–Trinajstić information content (AvgIpc) is 2.79. The van der Waals surface area contributed by atoms with E-state index in [2.05, 4.69) is 77.4 Å². The molecule has 144 valence electrons. The van der Waals surface area contributed by atoms with Crippen molar-refractivity contribution in [1.29, 1.82) is 0 Å². The van der Waals surface area contributed by atoms with Gasteiger partial charge in [-0.2, -0.15) is 4.98 Å². The van der Waals surface area contributed by atoms with Crippen LogP contribution in [0.15, 0.2) is 66.7 Å². The molecule has 0 saturated carbocycles. The molecule has 1 aliphatic rings. The highest BCUT2D eigenvalue weighted by Gasteiger charge is 2.18.